The third-order valence-electron chi connectivity index (χ3n) is 4.12. The van der Waals surface area contributed by atoms with E-state index in [0.717, 1.165) is 22.4 Å². The Morgan fingerprint density at radius 3 is 2.52 bits per heavy atom. The number of nitrogens with zero attached hydrogens (tertiary/aromatic N) is 2. The topological polar surface area (TPSA) is 53.6 Å². The number of halogens is 1. The lowest BCUT2D eigenvalue weighted by molar-refractivity contribution is 0.647. The van der Waals surface area contributed by atoms with Gasteiger partial charge in [0.15, 0.2) is 0 Å². The van der Waals surface area contributed by atoms with Crippen LogP contribution in [0.1, 0.15) is 43.6 Å². The Morgan fingerprint density at radius 1 is 1.08 bits per heavy atom. The first kappa shape index (κ1) is 17.7. The number of rotatable bonds is 6. The van der Waals surface area contributed by atoms with Crippen LogP contribution in [0.15, 0.2) is 53.0 Å². The van der Waals surface area contributed by atoms with Crippen LogP contribution < -0.4 is 5.32 Å². The summed E-state index contributed by atoms with van der Waals surface area (Å²) >= 11 is 3.47. The van der Waals surface area contributed by atoms with Crippen molar-refractivity contribution in [2.24, 2.45) is 5.92 Å². The third kappa shape index (κ3) is 4.69. The highest BCUT2D eigenvalue weighted by Crippen LogP contribution is 2.24. The number of H-pyrrole nitrogens is 1. The number of hydrogen-bond donors (Lipinski definition) is 2. The molecule has 0 aliphatic heterocycles. The van der Waals surface area contributed by atoms with Gasteiger partial charge in [0.2, 0.25) is 5.95 Å². The average molecular weight is 399 g/mol. The number of aromatic nitrogens is 3. The Bertz CT molecular complexity index is 824. The van der Waals surface area contributed by atoms with Gasteiger partial charge in [0.05, 0.1) is 0 Å². The molecule has 1 aromatic heterocycles. The molecule has 1 heterocycles. The quantitative estimate of drug-likeness (QED) is 0.562. The highest BCUT2D eigenvalue weighted by molar-refractivity contribution is 9.10. The van der Waals surface area contributed by atoms with Gasteiger partial charge in [0.25, 0.3) is 0 Å². The lowest BCUT2D eigenvalue weighted by Gasteiger charge is -2.10. The smallest absolute Gasteiger partial charge is 0.246 e. The van der Waals surface area contributed by atoms with Crippen LogP contribution in [0.4, 0.5) is 11.6 Å². The fourth-order valence-electron chi connectivity index (χ4n) is 2.79. The van der Waals surface area contributed by atoms with Gasteiger partial charge in [-0.2, -0.15) is 4.98 Å². The molecule has 0 radical (unpaired) electrons. The van der Waals surface area contributed by atoms with Crippen LogP contribution >= 0.6 is 15.9 Å². The molecular formula is C20H23BrN4. The molecule has 5 heteroatoms. The lowest BCUT2D eigenvalue weighted by Crippen LogP contribution is -2.00. The summed E-state index contributed by atoms with van der Waals surface area (Å²) in [6, 6.07) is 16.7. The molecule has 4 nitrogen and oxygen atoms in total. The monoisotopic (exact) mass is 398 g/mol. The summed E-state index contributed by atoms with van der Waals surface area (Å²) in [5.74, 6) is 2.27. The maximum absolute atomic E-state index is 4.59. The molecule has 0 bridgehead atoms. The summed E-state index contributed by atoms with van der Waals surface area (Å²) < 4.78 is 1.02. The van der Waals surface area contributed by atoms with E-state index in [4.69, 9.17) is 0 Å². The van der Waals surface area contributed by atoms with Gasteiger partial charge in [0, 0.05) is 16.1 Å². The molecule has 1 atom stereocenters. The highest BCUT2D eigenvalue weighted by Gasteiger charge is 2.14. The van der Waals surface area contributed by atoms with Crippen molar-refractivity contribution >= 4 is 27.6 Å². The first-order valence-corrected chi connectivity index (χ1v) is 9.34. The van der Waals surface area contributed by atoms with E-state index in [2.05, 4.69) is 81.5 Å². The van der Waals surface area contributed by atoms with Crippen molar-refractivity contribution in [3.05, 3.63) is 70.0 Å². The van der Waals surface area contributed by atoms with Crippen LogP contribution in [0.3, 0.4) is 0 Å². The second-order valence-corrected chi connectivity index (χ2v) is 7.66. The molecule has 3 rings (SSSR count). The molecule has 0 fully saturated rings. The molecular weight excluding hydrogens is 376 g/mol. The van der Waals surface area contributed by atoms with E-state index in [0.29, 0.717) is 11.9 Å². The van der Waals surface area contributed by atoms with E-state index in [-0.39, 0.29) is 5.92 Å². The summed E-state index contributed by atoms with van der Waals surface area (Å²) in [6.45, 7) is 6.62. The molecule has 2 N–H and O–H groups in total. The van der Waals surface area contributed by atoms with Gasteiger partial charge in [-0.3, -0.25) is 5.10 Å². The predicted molar refractivity (Wildman–Crippen MR) is 106 cm³/mol. The summed E-state index contributed by atoms with van der Waals surface area (Å²) in [4.78, 5) is 4.59. The van der Waals surface area contributed by atoms with E-state index in [1.807, 2.05) is 24.3 Å². The van der Waals surface area contributed by atoms with Crippen molar-refractivity contribution < 1.29 is 0 Å². The van der Waals surface area contributed by atoms with Crippen molar-refractivity contribution in [3.63, 3.8) is 0 Å². The van der Waals surface area contributed by atoms with Crippen LogP contribution in [0.2, 0.25) is 0 Å². The number of hydrogen-bond acceptors (Lipinski definition) is 3. The number of anilines is 2. The zero-order chi connectivity index (χ0) is 17.8. The Kier molecular flexibility index (Phi) is 5.53. The van der Waals surface area contributed by atoms with Crippen LogP contribution in [-0.4, -0.2) is 15.2 Å². The molecule has 0 saturated carbocycles. The van der Waals surface area contributed by atoms with Gasteiger partial charge in [-0.25, -0.2) is 0 Å². The minimum Gasteiger partial charge on any atom is -0.323 e. The number of nitrogens with one attached hydrogen (secondary N) is 2. The molecule has 2 aromatic carbocycles. The Balaban J connectivity index is 1.70. The molecule has 0 amide bonds. The minimum absolute atomic E-state index is 0.165. The molecule has 1 unspecified atom stereocenters. The largest absolute Gasteiger partial charge is 0.323 e. The van der Waals surface area contributed by atoms with Crippen LogP contribution in [-0.2, 0) is 6.42 Å². The SMILES string of the molecule is CC(C)Cc1ccc(C(C)c2nc(Nc3cccc(Br)c3)n[nH]2)cc1. The Labute approximate surface area is 157 Å². The second-order valence-electron chi connectivity index (χ2n) is 6.74. The van der Waals surface area contributed by atoms with Gasteiger partial charge in [-0.15, -0.1) is 5.10 Å². The van der Waals surface area contributed by atoms with Gasteiger partial charge >= 0.3 is 0 Å². The van der Waals surface area contributed by atoms with Crippen molar-refractivity contribution in [1.82, 2.24) is 15.2 Å². The number of aromatic amines is 1. The van der Waals surface area contributed by atoms with E-state index in [9.17, 15) is 0 Å². The standard InChI is InChI=1S/C20H23BrN4/c1-13(2)11-15-7-9-16(10-8-15)14(3)19-23-20(25-24-19)22-18-6-4-5-17(21)12-18/h4-10,12-14H,11H2,1-3H3,(H2,22,23,24,25). The van der Waals surface area contributed by atoms with Crippen LogP contribution in [0.25, 0.3) is 0 Å². The van der Waals surface area contributed by atoms with E-state index < -0.39 is 0 Å². The zero-order valence-electron chi connectivity index (χ0n) is 14.8. The first-order valence-electron chi connectivity index (χ1n) is 8.55. The first-order chi connectivity index (χ1) is 12.0. The van der Waals surface area contributed by atoms with Gasteiger partial charge in [-0.05, 0) is 41.7 Å². The van der Waals surface area contributed by atoms with Gasteiger partial charge in [-0.1, -0.05) is 67.0 Å². The van der Waals surface area contributed by atoms with Crippen molar-refractivity contribution in [3.8, 4) is 0 Å². The summed E-state index contributed by atoms with van der Waals surface area (Å²) in [7, 11) is 0. The molecule has 0 saturated heterocycles. The summed E-state index contributed by atoms with van der Waals surface area (Å²) in [5, 5.41) is 10.6. The van der Waals surface area contributed by atoms with Gasteiger partial charge < -0.3 is 5.32 Å². The third-order valence-corrected chi connectivity index (χ3v) is 4.61. The average Bonchev–Trinajstić information content (AvgIpc) is 3.03. The maximum atomic E-state index is 4.59. The Morgan fingerprint density at radius 2 is 1.84 bits per heavy atom. The molecule has 0 spiro atoms. The van der Waals surface area contributed by atoms with Crippen LogP contribution in [0, 0.1) is 5.92 Å². The molecule has 0 aliphatic carbocycles. The molecule has 25 heavy (non-hydrogen) atoms. The molecule has 130 valence electrons. The van der Waals surface area contributed by atoms with Gasteiger partial charge in [0.1, 0.15) is 5.82 Å². The molecule has 0 aliphatic rings. The summed E-state index contributed by atoms with van der Waals surface area (Å²) in [6.07, 6.45) is 1.11. The van der Waals surface area contributed by atoms with E-state index in [1.165, 1.54) is 11.1 Å². The zero-order valence-corrected chi connectivity index (χ0v) is 16.3. The normalized spacial score (nSPS) is 12.4. The van der Waals surface area contributed by atoms with Crippen molar-refractivity contribution in [2.75, 3.05) is 5.32 Å². The lowest BCUT2D eigenvalue weighted by atomic mass is 9.96. The maximum Gasteiger partial charge on any atom is 0.246 e. The van der Waals surface area contributed by atoms with E-state index in [1.54, 1.807) is 0 Å². The van der Waals surface area contributed by atoms with E-state index >= 15 is 0 Å². The summed E-state index contributed by atoms with van der Waals surface area (Å²) in [5.41, 5.74) is 3.56. The minimum atomic E-state index is 0.165. The molecule has 3 aromatic rings. The predicted octanol–water partition coefficient (Wildman–Crippen LogP) is 5.66. The van der Waals surface area contributed by atoms with Crippen molar-refractivity contribution in [1.29, 1.82) is 0 Å². The fraction of sp³-hybridized carbons (Fsp3) is 0.300. The fourth-order valence-corrected chi connectivity index (χ4v) is 3.19. The van der Waals surface area contributed by atoms with Crippen LogP contribution in [0.5, 0.6) is 0 Å². The number of benzene rings is 2. The van der Waals surface area contributed by atoms with Crippen molar-refractivity contribution in [2.45, 2.75) is 33.1 Å². The second kappa shape index (κ2) is 7.83. The Hall–Kier alpha value is -2.14. The highest BCUT2D eigenvalue weighted by atomic mass is 79.9.